The lowest BCUT2D eigenvalue weighted by molar-refractivity contribution is -0.125. The summed E-state index contributed by atoms with van der Waals surface area (Å²) in [5.74, 6) is -0.0157. The molecule has 0 bridgehead atoms. The maximum absolute atomic E-state index is 12.4. The third kappa shape index (κ3) is 3.49. The molecule has 21 heavy (non-hydrogen) atoms. The second kappa shape index (κ2) is 6.23. The van der Waals surface area contributed by atoms with E-state index in [2.05, 4.69) is 11.4 Å². The van der Waals surface area contributed by atoms with E-state index in [4.69, 9.17) is 5.26 Å². The second-order valence-electron chi connectivity index (χ2n) is 5.48. The molecule has 2 rings (SSSR count). The van der Waals surface area contributed by atoms with Crippen molar-refractivity contribution in [2.45, 2.75) is 25.8 Å². The fourth-order valence-corrected chi connectivity index (χ4v) is 2.09. The molecule has 0 saturated carbocycles. The van der Waals surface area contributed by atoms with Gasteiger partial charge in [-0.15, -0.1) is 0 Å². The van der Waals surface area contributed by atoms with Crippen LogP contribution < -0.4 is 5.32 Å². The normalized spacial score (nSPS) is 10.7. The summed E-state index contributed by atoms with van der Waals surface area (Å²) in [6, 6.07) is 19.0. The van der Waals surface area contributed by atoms with Gasteiger partial charge in [-0.05, 0) is 37.1 Å². The monoisotopic (exact) mass is 278 g/mol. The number of hydrogen-bond donors (Lipinski definition) is 1. The maximum Gasteiger partial charge on any atom is 0.230 e. The van der Waals surface area contributed by atoms with E-state index in [9.17, 15) is 4.79 Å². The van der Waals surface area contributed by atoms with Crippen LogP contribution in [0.5, 0.6) is 0 Å². The number of nitriles is 1. The molecule has 0 aliphatic rings. The smallest absolute Gasteiger partial charge is 0.230 e. The van der Waals surface area contributed by atoms with Gasteiger partial charge >= 0.3 is 0 Å². The molecule has 0 heterocycles. The molecule has 2 aromatic rings. The molecule has 0 aromatic heterocycles. The number of hydrogen-bond acceptors (Lipinski definition) is 2. The first-order chi connectivity index (χ1) is 10.0. The highest BCUT2D eigenvalue weighted by Crippen LogP contribution is 2.23. The van der Waals surface area contributed by atoms with Gasteiger partial charge in [0.2, 0.25) is 5.91 Å². The molecule has 0 fully saturated rings. The van der Waals surface area contributed by atoms with Crippen molar-refractivity contribution in [3.63, 3.8) is 0 Å². The van der Waals surface area contributed by atoms with Gasteiger partial charge in [0.05, 0.1) is 17.0 Å². The summed E-state index contributed by atoms with van der Waals surface area (Å²) in [7, 11) is 0. The Kier molecular flexibility index (Phi) is 4.39. The van der Waals surface area contributed by atoms with Crippen molar-refractivity contribution in [1.29, 1.82) is 5.26 Å². The molecule has 0 aliphatic carbocycles. The molecular weight excluding hydrogens is 260 g/mol. The minimum atomic E-state index is -0.576. The van der Waals surface area contributed by atoms with Crippen molar-refractivity contribution in [3.05, 3.63) is 71.3 Å². The summed E-state index contributed by atoms with van der Waals surface area (Å²) in [4.78, 5) is 12.4. The molecule has 106 valence electrons. The van der Waals surface area contributed by atoms with E-state index in [-0.39, 0.29) is 5.91 Å². The molecule has 0 aliphatic heterocycles. The van der Waals surface area contributed by atoms with Crippen LogP contribution in [0.3, 0.4) is 0 Å². The molecule has 2 aromatic carbocycles. The minimum Gasteiger partial charge on any atom is -0.351 e. The lowest BCUT2D eigenvalue weighted by atomic mass is 9.84. The summed E-state index contributed by atoms with van der Waals surface area (Å²) < 4.78 is 0. The highest BCUT2D eigenvalue weighted by molar-refractivity contribution is 5.87. The van der Waals surface area contributed by atoms with Crippen LogP contribution in [0.2, 0.25) is 0 Å². The molecule has 3 nitrogen and oxygen atoms in total. The van der Waals surface area contributed by atoms with Crippen molar-refractivity contribution in [3.8, 4) is 6.07 Å². The average Bonchev–Trinajstić information content (AvgIpc) is 2.53. The number of carbonyl (C=O) groups is 1. The zero-order chi connectivity index (χ0) is 15.3. The number of carbonyl (C=O) groups excluding carboxylic acids is 1. The maximum atomic E-state index is 12.4. The van der Waals surface area contributed by atoms with E-state index in [1.807, 2.05) is 56.3 Å². The number of rotatable bonds is 4. The fraction of sp³-hybridized carbons (Fsp3) is 0.222. The van der Waals surface area contributed by atoms with Crippen molar-refractivity contribution in [2.24, 2.45) is 0 Å². The predicted molar refractivity (Wildman–Crippen MR) is 82.5 cm³/mol. The van der Waals surface area contributed by atoms with Gasteiger partial charge in [0.15, 0.2) is 0 Å². The van der Waals surface area contributed by atoms with Crippen molar-refractivity contribution in [2.75, 3.05) is 0 Å². The standard InChI is InChI=1S/C18H18N2O/c1-18(2,16-6-4-3-5-7-16)17(21)20-13-15-10-8-14(12-19)9-11-15/h3-11H,13H2,1-2H3,(H,20,21). The SMILES string of the molecule is CC(C)(C(=O)NCc1ccc(C#N)cc1)c1ccccc1. The molecule has 0 atom stereocenters. The highest BCUT2D eigenvalue weighted by atomic mass is 16.2. The van der Waals surface area contributed by atoms with Gasteiger partial charge < -0.3 is 5.32 Å². The summed E-state index contributed by atoms with van der Waals surface area (Å²) in [5.41, 5.74) is 2.01. The summed E-state index contributed by atoms with van der Waals surface area (Å²) in [6.07, 6.45) is 0. The Hall–Kier alpha value is -2.60. The third-order valence-electron chi connectivity index (χ3n) is 3.60. The van der Waals surface area contributed by atoms with Gasteiger partial charge in [-0.3, -0.25) is 4.79 Å². The van der Waals surface area contributed by atoms with E-state index < -0.39 is 5.41 Å². The number of amides is 1. The molecule has 0 radical (unpaired) electrons. The minimum absolute atomic E-state index is 0.0157. The first-order valence-electron chi connectivity index (χ1n) is 6.87. The Balaban J connectivity index is 2.02. The number of nitrogens with one attached hydrogen (secondary N) is 1. The van der Waals surface area contributed by atoms with Crippen LogP contribution in [0.15, 0.2) is 54.6 Å². The molecule has 0 spiro atoms. The van der Waals surface area contributed by atoms with E-state index >= 15 is 0 Å². The lowest BCUT2D eigenvalue weighted by Gasteiger charge is -2.24. The van der Waals surface area contributed by atoms with Gasteiger partial charge in [0.25, 0.3) is 0 Å². The largest absolute Gasteiger partial charge is 0.351 e. The van der Waals surface area contributed by atoms with Crippen LogP contribution in [0.4, 0.5) is 0 Å². The summed E-state index contributed by atoms with van der Waals surface area (Å²) >= 11 is 0. The van der Waals surface area contributed by atoms with Gasteiger partial charge in [-0.1, -0.05) is 42.5 Å². The molecule has 1 N–H and O–H groups in total. The quantitative estimate of drug-likeness (QED) is 0.934. The Bertz CT molecular complexity index is 652. The Morgan fingerprint density at radius 1 is 1.10 bits per heavy atom. The number of nitrogens with zero attached hydrogens (tertiary/aromatic N) is 1. The predicted octanol–water partition coefficient (Wildman–Crippen LogP) is 3.15. The second-order valence-corrected chi connectivity index (χ2v) is 5.48. The molecule has 3 heteroatoms. The van der Waals surface area contributed by atoms with E-state index in [0.29, 0.717) is 12.1 Å². The molecule has 1 amide bonds. The molecule has 0 saturated heterocycles. The van der Waals surface area contributed by atoms with Crippen LogP contribution in [0.1, 0.15) is 30.5 Å². The van der Waals surface area contributed by atoms with Crippen LogP contribution in [0.25, 0.3) is 0 Å². The lowest BCUT2D eigenvalue weighted by Crippen LogP contribution is -2.39. The molecular formula is C18H18N2O. The Labute approximate surface area is 125 Å². The first kappa shape index (κ1) is 14.8. The van der Waals surface area contributed by atoms with Gasteiger partial charge in [0, 0.05) is 6.54 Å². The summed E-state index contributed by atoms with van der Waals surface area (Å²) in [5, 5.41) is 11.7. The van der Waals surface area contributed by atoms with Crippen LogP contribution in [-0.4, -0.2) is 5.91 Å². The zero-order valence-electron chi connectivity index (χ0n) is 12.3. The average molecular weight is 278 g/mol. The van der Waals surface area contributed by atoms with Crippen LogP contribution in [0, 0.1) is 11.3 Å². The Morgan fingerprint density at radius 3 is 2.29 bits per heavy atom. The van der Waals surface area contributed by atoms with Crippen molar-refractivity contribution >= 4 is 5.91 Å². The topological polar surface area (TPSA) is 52.9 Å². The first-order valence-corrected chi connectivity index (χ1v) is 6.87. The van der Waals surface area contributed by atoms with E-state index in [1.54, 1.807) is 12.1 Å². The zero-order valence-corrected chi connectivity index (χ0v) is 12.3. The number of benzene rings is 2. The summed E-state index contributed by atoms with van der Waals surface area (Å²) in [6.45, 7) is 4.29. The van der Waals surface area contributed by atoms with Gasteiger partial charge in [0.1, 0.15) is 0 Å². The fourth-order valence-electron chi connectivity index (χ4n) is 2.09. The third-order valence-corrected chi connectivity index (χ3v) is 3.60. The van der Waals surface area contributed by atoms with Crippen molar-refractivity contribution in [1.82, 2.24) is 5.32 Å². The molecule has 0 unspecified atom stereocenters. The van der Waals surface area contributed by atoms with E-state index in [0.717, 1.165) is 11.1 Å². The van der Waals surface area contributed by atoms with Gasteiger partial charge in [-0.25, -0.2) is 0 Å². The van der Waals surface area contributed by atoms with Crippen LogP contribution in [-0.2, 0) is 16.8 Å². The van der Waals surface area contributed by atoms with Crippen LogP contribution >= 0.6 is 0 Å². The van der Waals surface area contributed by atoms with Crippen molar-refractivity contribution < 1.29 is 4.79 Å². The highest BCUT2D eigenvalue weighted by Gasteiger charge is 2.29. The van der Waals surface area contributed by atoms with Gasteiger partial charge in [-0.2, -0.15) is 5.26 Å². The Morgan fingerprint density at radius 2 is 1.71 bits per heavy atom. The van der Waals surface area contributed by atoms with E-state index in [1.165, 1.54) is 0 Å².